The van der Waals surface area contributed by atoms with Crippen LogP contribution in [0, 0.1) is 0 Å². The van der Waals surface area contributed by atoms with E-state index in [1.165, 1.54) is 22.9 Å². The number of hydrogen-bond donors (Lipinski definition) is 2. The van der Waals surface area contributed by atoms with Crippen LogP contribution in [0.1, 0.15) is 25.9 Å². The molecule has 0 radical (unpaired) electrons. The molecule has 0 aliphatic heterocycles. The average Bonchev–Trinajstić information content (AvgIpc) is 2.98. The van der Waals surface area contributed by atoms with Crippen molar-refractivity contribution in [3.63, 3.8) is 0 Å². The van der Waals surface area contributed by atoms with Crippen molar-refractivity contribution in [1.82, 2.24) is 20.1 Å². The van der Waals surface area contributed by atoms with Gasteiger partial charge < -0.3 is 10.4 Å². The maximum absolute atomic E-state index is 11.7. The second kappa shape index (κ2) is 5.61. The topological polar surface area (TPSA) is 97.1 Å². The Kier molecular flexibility index (Phi) is 3.91. The molecule has 100 valence electrons. The number of carbonyl (C=O) groups is 2. The normalized spacial score (nSPS) is 10.4. The summed E-state index contributed by atoms with van der Waals surface area (Å²) in [6.45, 7) is 0.403. The number of carboxylic acid groups (broad SMARTS) is 1. The second-order valence-electron chi connectivity index (χ2n) is 3.84. The molecule has 2 aromatic rings. The molecule has 0 atom stereocenters. The summed E-state index contributed by atoms with van der Waals surface area (Å²) in [6.07, 6.45) is 3.62. The summed E-state index contributed by atoms with van der Waals surface area (Å²) in [5.74, 6) is -1.25. The second-order valence-corrected chi connectivity index (χ2v) is 4.78. The van der Waals surface area contributed by atoms with E-state index in [2.05, 4.69) is 15.4 Å². The van der Waals surface area contributed by atoms with Crippen LogP contribution in [0.15, 0.2) is 17.8 Å². The molecular weight excluding hydrogens is 268 g/mol. The van der Waals surface area contributed by atoms with Gasteiger partial charge in [-0.15, -0.1) is 11.3 Å². The molecule has 0 saturated heterocycles. The Morgan fingerprint density at radius 3 is 2.89 bits per heavy atom. The highest BCUT2D eigenvalue weighted by Crippen LogP contribution is 2.09. The SMILES string of the molecule is Cn1cc(C(=O)NCCc2nc(C(=O)O)cs2)cn1. The summed E-state index contributed by atoms with van der Waals surface area (Å²) in [4.78, 5) is 26.3. The fourth-order valence-electron chi connectivity index (χ4n) is 1.45. The summed E-state index contributed by atoms with van der Waals surface area (Å²) in [5.41, 5.74) is 0.534. The van der Waals surface area contributed by atoms with Gasteiger partial charge in [0.15, 0.2) is 5.69 Å². The molecule has 1 amide bonds. The summed E-state index contributed by atoms with van der Waals surface area (Å²) >= 11 is 1.27. The number of amides is 1. The standard InChI is InChI=1S/C11H12N4O3S/c1-15-5-7(4-13-15)10(16)12-3-2-9-14-8(6-19-9)11(17)18/h4-6H,2-3H2,1H3,(H,12,16)(H,17,18). The van der Waals surface area contributed by atoms with Crippen LogP contribution in [0.4, 0.5) is 0 Å². The molecule has 0 aromatic carbocycles. The number of carboxylic acids is 1. The number of aromatic carboxylic acids is 1. The fraction of sp³-hybridized carbons (Fsp3) is 0.273. The van der Waals surface area contributed by atoms with E-state index in [1.807, 2.05) is 0 Å². The minimum atomic E-state index is -1.04. The van der Waals surface area contributed by atoms with Gasteiger partial charge in [-0.25, -0.2) is 9.78 Å². The quantitative estimate of drug-likeness (QED) is 0.833. The fourth-order valence-corrected chi connectivity index (χ4v) is 2.22. The molecule has 0 bridgehead atoms. The first-order valence-electron chi connectivity index (χ1n) is 5.51. The molecule has 0 aliphatic rings. The lowest BCUT2D eigenvalue weighted by atomic mass is 10.3. The number of rotatable bonds is 5. The number of thiazole rings is 1. The highest BCUT2D eigenvalue weighted by molar-refractivity contribution is 7.09. The van der Waals surface area contributed by atoms with E-state index >= 15 is 0 Å². The molecule has 2 N–H and O–H groups in total. The average molecular weight is 280 g/mol. The number of hydrogen-bond acceptors (Lipinski definition) is 5. The van der Waals surface area contributed by atoms with Crippen molar-refractivity contribution in [1.29, 1.82) is 0 Å². The highest BCUT2D eigenvalue weighted by Gasteiger charge is 2.10. The van der Waals surface area contributed by atoms with Crippen LogP contribution >= 0.6 is 11.3 Å². The van der Waals surface area contributed by atoms with Crippen molar-refractivity contribution in [3.8, 4) is 0 Å². The van der Waals surface area contributed by atoms with Crippen molar-refractivity contribution in [2.24, 2.45) is 7.05 Å². The Morgan fingerprint density at radius 1 is 1.53 bits per heavy atom. The third-order valence-electron chi connectivity index (χ3n) is 2.36. The van der Waals surface area contributed by atoms with Crippen LogP contribution in [-0.2, 0) is 13.5 Å². The first kappa shape index (κ1) is 13.2. The molecule has 0 unspecified atom stereocenters. The lowest BCUT2D eigenvalue weighted by molar-refractivity contribution is 0.0690. The predicted octanol–water partition coefficient (Wildman–Crippen LogP) is 0.547. The predicted molar refractivity (Wildman–Crippen MR) is 68.3 cm³/mol. The molecule has 0 saturated carbocycles. The first-order chi connectivity index (χ1) is 9.06. The molecule has 2 rings (SSSR count). The Hall–Kier alpha value is -2.22. The zero-order chi connectivity index (χ0) is 13.8. The summed E-state index contributed by atoms with van der Waals surface area (Å²) in [5, 5.41) is 17.5. The molecular formula is C11H12N4O3S. The van der Waals surface area contributed by atoms with E-state index in [4.69, 9.17) is 5.11 Å². The Balaban J connectivity index is 1.83. The Morgan fingerprint density at radius 2 is 2.32 bits per heavy atom. The first-order valence-corrected chi connectivity index (χ1v) is 6.39. The lowest BCUT2D eigenvalue weighted by Gasteiger charge is -2.00. The van der Waals surface area contributed by atoms with Crippen molar-refractivity contribution in [3.05, 3.63) is 34.0 Å². The molecule has 8 heteroatoms. The molecule has 0 aliphatic carbocycles. The highest BCUT2D eigenvalue weighted by atomic mass is 32.1. The largest absolute Gasteiger partial charge is 0.476 e. The van der Waals surface area contributed by atoms with E-state index in [0.29, 0.717) is 23.5 Å². The van der Waals surface area contributed by atoms with Crippen LogP contribution < -0.4 is 5.32 Å². The summed E-state index contributed by atoms with van der Waals surface area (Å²) in [6, 6.07) is 0. The number of carbonyl (C=O) groups excluding carboxylic acids is 1. The van der Waals surface area contributed by atoms with E-state index in [-0.39, 0.29) is 11.6 Å². The summed E-state index contributed by atoms with van der Waals surface area (Å²) < 4.78 is 1.55. The number of nitrogens with zero attached hydrogens (tertiary/aromatic N) is 3. The third kappa shape index (κ3) is 3.38. The van der Waals surface area contributed by atoms with Gasteiger partial charge >= 0.3 is 5.97 Å². The molecule has 0 spiro atoms. The van der Waals surface area contributed by atoms with E-state index in [1.54, 1.807) is 17.9 Å². The number of aryl methyl sites for hydroxylation is 1. The maximum Gasteiger partial charge on any atom is 0.355 e. The van der Waals surface area contributed by atoms with Crippen molar-refractivity contribution >= 4 is 23.2 Å². The van der Waals surface area contributed by atoms with Crippen molar-refractivity contribution in [2.45, 2.75) is 6.42 Å². The monoisotopic (exact) mass is 280 g/mol. The minimum Gasteiger partial charge on any atom is -0.476 e. The minimum absolute atomic E-state index is 0.0404. The van der Waals surface area contributed by atoms with Crippen molar-refractivity contribution in [2.75, 3.05) is 6.54 Å². The molecule has 0 fully saturated rings. The molecule has 7 nitrogen and oxygen atoms in total. The van der Waals surface area contributed by atoms with Gasteiger partial charge in [0, 0.05) is 31.6 Å². The smallest absolute Gasteiger partial charge is 0.355 e. The third-order valence-corrected chi connectivity index (χ3v) is 3.27. The molecule has 2 heterocycles. The van der Waals surface area contributed by atoms with Crippen molar-refractivity contribution < 1.29 is 14.7 Å². The lowest BCUT2D eigenvalue weighted by Crippen LogP contribution is -2.25. The van der Waals surface area contributed by atoms with Crippen LogP contribution in [0.5, 0.6) is 0 Å². The maximum atomic E-state index is 11.7. The van der Waals surface area contributed by atoms with Gasteiger partial charge in [0.05, 0.1) is 16.8 Å². The summed E-state index contributed by atoms with van der Waals surface area (Å²) in [7, 11) is 1.74. The van der Waals surface area contributed by atoms with Crippen LogP contribution in [0.3, 0.4) is 0 Å². The van der Waals surface area contributed by atoms with E-state index < -0.39 is 5.97 Å². The van der Waals surface area contributed by atoms with Gasteiger partial charge in [0.1, 0.15) is 0 Å². The number of nitrogens with one attached hydrogen (secondary N) is 1. The van der Waals surface area contributed by atoms with Gasteiger partial charge in [-0.3, -0.25) is 9.48 Å². The zero-order valence-corrected chi connectivity index (χ0v) is 11.0. The van der Waals surface area contributed by atoms with Crippen LogP contribution in [0.2, 0.25) is 0 Å². The number of aromatic nitrogens is 3. The Bertz CT molecular complexity index is 605. The van der Waals surface area contributed by atoms with E-state index in [0.717, 1.165) is 0 Å². The van der Waals surface area contributed by atoms with Gasteiger partial charge in [0.25, 0.3) is 5.91 Å². The molecule has 2 aromatic heterocycles. The molecule has 19 heavy (non-hydrogen) atoms. The van der Waals surface area contributed by atoms with Gasteiger partial charge in [-0.05, 0) is 0 Å². The van der Waals surface area contributed by atoms with Crippen LogP contribution in [0.25, 0.3) is 0 Å². The van der Waals surface area contributed by atoms with Gasteiger partial charge in [0.2, 0.25) is 0 Å². The Labute approximate surface area is 112 Å². The van der Waals surface area contributed by atoms with Gasteiger partial charge in [-0.2, -0.15) is 5.10 Å². The van der Waals surface area contributed by atoms with Crippen LogP contribution in [-0.4, -0.2) is 38.3 Å². The van der Waals surface area contributed by atoms with E-state index in [9.17, 15) is 9.59 Å². The van der Waals surface area contributed by atoms with Gasteiger partial charge in [-0.1, -0.05) is 0 Å². The zero-order valence-electron chi connectivity index (χ0n) is 10.2.